The van der Waals surface area contributed by atoms with Crippen LogP contribution in [0.15, 0.2) is 52.9 Å². The monoisotopic (exact) mass is 309 g/mol. The molecule has 0 saturated carbocycles. The van der Waals surface area contributed by atoms with Crippen molar-refractivity contribution in [2.24, 2.45) is 0 Å². The van der Waals surface area contributed by atoms with Crippen LogP contribution in [0, 0.1) is 17.1 Å². The first-order valence-electron chi connectivity index (χ1n) is 6.92. The van der Waals surface area contributed by atoms with Gasteiger partial charge in [-0.05, 0) is 43.3 Å². The summed E-state index contributed by atoms with van der Waals surface area (Å²) in [5.41, 5.74) is 1.05. The van der Waals surface area contributed by atoms with Gasteiger partial charge in [0.1, 0.15) is 17.6 Å². The molecule has 23 heavy (non-hydrogen) atoms. The molecule has 0 aliphatic rings. The molecule has 0 bridgehead atoms. The van der Waals surface area contributed by atoms with Crippen molar-refractivity contribution in [3.8, 4) is 23.3 Å². The number of para-hydroxylation sites is 1. The molecule has 0 spiro atoms. The second kappa shape index (κ2) is 6.28. The Kier molecular flexibility index (Phi) is 4.02. The van der Waals surface area contributed by atoms with E-state index in [4.69, 9.17) is 14.4 Å². The van der Waals surface area contributed by atoms with E-state index in [0.717, 1.165) is 0 Å². The zero-order chi connectivity index (χ0) is 16.2. The minimum atomic E-state index is -0.522. The molecule has 3 rings (SSSR count). The van der Waals surface area contributed by atoms with Crippen molar-refractivity contribution in [2.45, 2.75) is 13.0 Å². The Bertz CT molecular complexity index is 853. The highest BCUT2D eigenvalue weighted by molar-refractivity contribution is 5.52. The van der Waals surface area contributed by atoms with E-state index in [1.54, 1.807) is 43.3 Å². The van der Waals surface area contributed by atoms with Gasteiger partial charge in [-0.1, -0.05) is 12.1 Å². The molecule has 0 aliphatic heterocycles. The van der Waals surface area contributed by atoms with E-state index in [9.17, 15) is 4.39 Å². The first-order chi connectivity index (χ1) is 11.2. The molecule has 1 atom stereocenters. The molecular formula is C17H12FN3O2. The van der Waals surface area contributed by atoms with E-state index in [1.165, 1.54) is 12.1 Å². The van der Waals surface area contributed by atoms with Crippen LogP contribution in [0.4, 0.5) is 4.39 Å². The Hall–Kier alpha value is -3.20. The van der Waals surface area contributed by atoms with Crippen LogP contribution in [0.3, 0.4) is 0 Å². The predicted octanol–water partition coefficient (Wildman–Crippen LogP) is 3.89. The molecule has 3 aromatic rings. The van der Waals surface area contributed by atoms with Crippen molar-refractivity contribution in [2.75, 3.05) is 0 Å². The molecule has 2 aromatic carbocycles. The van der Waals surface area contributed by atoms with E-state index in [0.29, 0.717) is 16.9 Å². The fourth-order valence-electron chi connectivity index (χ4n) is 2.01. The molecule has 0 fully saturated rings. The highest BCUT2D eigenvalue weighted by atomic mass is 19.1. The number of halogens is 1. The van der Waals surface area contributed by atoms with Gasteiger partial charge in [0.2, 0.25) is 5.89 Å². The van der Waals surface area contributed by atoms with Crippen molar-refractivity contribution >= 4 is 0 Å². The second-order valence-electron chi connectivity index (χ2n) is 4.82. The minimum Gasteiger partial charge on any atom is -0.480 e. The number of aromatic nitrogens is 2. The summed E-state index contributed by atoms with van der Waals surface area (Å²) in [6.45, 7) is 1.75. The summed E-state index contributed by atoms with van der Waals surface area (Å²) in [4.78, 5) is 0. The van der Waals surface area contributed by atoms with Crippen LogP contribution in [0.1, 0.15) is 24.5 Å². The number of ether oxygens (including phenoxy) is 1. The maximum Gasteiger partial charge on any atom is 0.257 e. The molecule has 0 saturated heterocycles. The lowest BCUT2D eigenvalue weighted by Gasteiger charge is -2.11. The lowest BCUT2D eigenvalue weighted by atomic mass is 10.2. The van der Waals surface area contributed by atoms with E-state index in [-0.39, 0.29) is 17.6 Å². The van der Waals surface area contributed by atoms with Crippen molar-refractivity contribution < 1.29 is 13.5 Å². The van der Waals surface area contributed by atoms with Gasteiger partial charge in [-0.25, -0.2) is 4.39 Å². The van der Waals surface area contributed by atoms with Gasteiger partial charge in [-0.3, -0.25) is 0 Å². The molecule has 114 valence electrons. The summed E-state index contributed by atoms with van der Waals surface area (Å²) in [6.07, 6.45) is -0.522. The topological polar surface area (TPSA) is 71.9 Å². The van der Waals surface area contributed by atoms with E-state index in [2.05, 4.69) is 16.3 Å². The van der Waals surface area contributed by atoms with Crippen LogP contribution >= 0.6 is 0 Å². The van der Waals surface area contributed by atoms with E-state index < -0.39 is 6.10 Å². The van der Waals surface area contributed by atoms with Gasteiger partial charge in [-0.2, -0.15) is 5.26 Å². The molecule has 0 unspecified atom stereocenters. The van der Waals surface area contributed by atoms with Crippen LogP contribution in [-0.4, -0.2) is 10.2 Å². The predicted molar refractivity (Wildman–Crippen MR) is 79.9 cm³/mol. The van der Waals surface area contributed by atoms with Gasteiger partial charge in [-0.15, -0.1) is 10.2 Å². The minimum absolute atomic E-state index is 0.275. The molecule has 5 nitrogen and oxygen atoms in total. The number of hydrogen-bond donors (Lipinski definition) is 0. The van der Waals surface area contributed by atoms with Crippen LogP contribution < -0.4 is 4.74 Å². The highest BCUT2D eigenvalue weighted by Gasteiger charge is 2.17. The summed E-state index contributed by atoms with van der Waals surface area (Å²) >= 11 is 0. The quantitative estimate of drug-likeness (QED) is 0.731. The first-order valence-corrected chi connectivity index (χ1v) is 6.92. The third kappa shape index (κ3) is 3.19. The summed E-state index contributed by atoms with van der Waals surface area (Å²) < 4.78 is 24.2. The second-order valence-corrected chi connectivity index (χ2v) is 4.82. The van der Waals surface area contributed by atoms with Crippen molar-refractivity contribution in [1.82, 2.24) is 10.2 Å². The van der Waals surface area contributed by atoms with Crippen LogP contribution in [0.5, 0.6) is 5.75 Å². The van der Waals surface area contributed by atoms with Crippen LogP contribution in [0.25, 0.3) is 11.5 Å². The van der Waals surface area contributed by atoms with E-state index >= 15 is 0 Å². The van der Waals surface area contributed by atoms with Crippen LogP contribution in [0.2, 0.25) is 0 Å². The summed E-state index contributed by atoms with van der Waals surface area (Å²) in [7, 11) is 0. The van der Waals surface area contributed by atoms with Gasteiger partial charge >= 0.3 is 0 Å². The third-order valence-corrected chi connectivity index (χ3v) is 3.19. The smallest absolute Gasteiger partial charge is 0.257 e. The van der Waals surface area contributed by atoms with Gasteiger partial charge in [0.25, 0.3) is 5.89 Å². The fourth-order valence-corrected chi connectivity index (χ4v) is 2.01. The van der Waals surface area contributed by atoms with Crippen molar-refractivity contribution in [3.63, 3.8) is 0 Å². The summed E-state index contributed by atoms with van der Waals surface area (Å²) in [6, 6.07) is 14.7. The number of benzene rings is 2. The van der Waals surface area contributed by atoms with Crippen molar-refractivity contribution in [1.29, 1.82) is 5.26 Å². The summed E-state index contributed by atoms with van der Waals surface area (Å²) in [5.74, 6) is 0.670. The van der Waals surface area contributed by atoms with Crippen LogP contribution in [-0.2, 0) is 0 Å². The molecule has 1 heterocycles. The van der Waals surface area contributed by atoms with Gasteiger partial charge in [0.05, 0.1) is 5.56 Å². The maximum atomic E-state index is 12.9. The Morgan fingerprint density at radius 3 is 2.61 bits per heavy atom. The molecule has 1 aromatic heterocycles. The van der Waals surface area contributed by atoms with Gasteiger partial charge in [0, 0.05) is 5.56 Å². The normalized spacial score (nSPS) is 11.7. The molecule has 0 aliphatic carbocycles. The number of nitriles is 1. The molecule has 0 radical (unpaired) electrons. The zero-order valence-electron chi connectivity index (χ0n) is 12.2. The first kappa shape index (κ1) is 14.7. The molecule has 0 N–H and O–H groups in total. The van der Waals surface area contributed by atoms with E-state index in [1.807, 2.05) is 0 Å². The van der Waals surface area contributed by atoms with Gasteiger partial charge in [0.15, 0.2) is 6.10 Å². The molecular weight excluding hydrogens is 297 g/mol. The third-order valence-electron chi connectivity index (χ3n) is 3.19. The Morgan fingerprint density at radius 2 is 1.87 bits per heavy atom. The van der Waals surface area contributed by atoms with Gasteiger partial charge < -0.3 is 9.15 Å². The number of hydrogen-bond acceptors (Lipinski definition) is 5. The zero-order valence-corrected chi connectivity index (χ0v) is 12.2. The maximum absolute atomic E-state index is 12.9. The van der Waals surface area contributed by atoms with Crippen molar-refractivity contribution in [3.05, 3.63) is 65.8 Å². The fraction of sp³-hybridized carbons (Fsp3) is 0.118. The summed E-state index contributed by atoms with van der Waals surface area (Å²) in [5, 5.41) is 17.0. The number of rotatable bonds is 4. The lowest BCUT2D eigenvalue weighted by Crippen LogP contribution is -2.04. The Morgan fingerprint density at radius 1 is 1.13 bits per heavy atom. The standard InChI is InChI=1S/C17H12FN3O2/c1-11(22-15-5-3-2-4-13(15)10-19)16-20-21-17(23-16)12-6-8-14(18)9-7-12/h2-9,11H,1H3/t11-/m0/s1. The lowest BCUT2D eigenvalue weighted by molar-refractivity contribution is 0.189. The molecule has 6 heteroatoms. The Labute approximate surface area is 132 Å². The SMILES string of the molecule is C[C@H](Oc1ccccc1C#N)c1nnc(-c2ccc(F)cc2)o1. The average molecular weight is 309 g/mol. The molecule has 0 amide bonds. The average Bonchev–Trinajstić information content (AvgIpc) is 3.06. The number of nitrogens with zero attached hydrogens (tertiary/aromatic N) is 3. The highest BCUT2D eigenvalue weighted by Crippen LogP contribution is 2.26. The Balaban J connectivity index is 1.80. The largest absolute Gasteiger partial charge is 0.480 e.